The van der Waals surface area contributed by atoms with E-state index in [1.807, 2.05) is 0 Å². The Morgan fingerprint density at radius 3 is 2.50 bits per heavy atom. The van der Waals surface area contributed by atoms with E-state index < -0.39 is 11.8 Å². The van der Waals surface area contributed by atoms with Crippen molar-refractivity contribution in [1.82, 2.24) is 15.2 Å². The van der Waals surface area contributed by atoms with Crippen molar-refractivity contribution in [2.75, 3.05) is 0 Å². The Morgan fingerprint density at radius 1 is 1.75 bits per heavy atom. The van der Waals surface area contributed by atoms with E-state index in [4.69, 9.17) is 9.90 Å². The minimum absolute atomic E-state index is 0.407. The number of H-pyrrole nitrogens is 1. The maximum Gasteiger partial charge on any atom is 0.402 e. The molecule has 0 bridgehead atoms. The highest BCUT2D eigenvalue weighted by Gasteiger charge is 1.81. The molecular weight excluding hydrogens is 164 g/mol. The van der Waals surface area contributed by atoms with E-state index in [1.54, 1.807) is 6.92 Å². The number of nitrogens with two attached hydrogens (primary N) is 1. The highest BCUT2D eigenvalue weighted by molar-refractivity contribution is 5.61. The number of nitrogens with zero attached hydrogens (tertiary/aromatic N) is 2. The Labute approximate surface area is 67.3 Å². The van der Waals surface area contributed by atoms with Crippen molar-refractivity contribution >= 4 is 6.09 Å². The molecule has 0 aromatic carbocycles. The molecule has 0 radical (unpaired) electrons. The molecule has 0 spiro atoms. The zero-order valence-corrected chi connectivity index (χ0v) is 6.31. The quantitative estimate of drug-likeness (QED) is 0.467. The molecule has 0 aliphatic rings. The molecule has 12 heavy (non-hydrogen) atoms. The second-order valence-corrected chi connectivity index (χ2v) is 1.77. The van der Waals surface area contributed by atoms with Crippen LogP contribution in [0, 0.1) is 6.92 Å². The van der Waals surface area contributed by atoms with E-state index in [9.17, 15) is 4.79 Å². The summed E-state index contributed by atoms with van der Waals surface area (Å²) >= 11 is 0. The maximum atomic E-state index is 10.2. The minimum Gasteiger partial charge on any atom is -0.465 e. The van der Waals surface area contributed by atoms with Crippen LogP contribution in [0.3, 0.4) is 0 Å². The predicted octanol–water partition coefficient (Wildman–Crippen LogP) is -0.904. The van der Waals surface area contributed by atoms with E-state index in [0.29, 0.717) is 5.69 Å². The van der Waals surface area contributed by atoms with Gasteiger partial charge in [-0.3, -0.25) is 0 Å². The molecule has 0 saturated heterocycles. The number of primary amides is 1. The van der Waals surface area contributed by atoms with Gasteiger partial charge < -0.3 is 10.8 Å². The van der Waals surface area contributed by atoms with Gasteiger partial charge in [0, 0.05) is 0 Å². The average molecular weight is 172 g/mol. The van der Waals surface area contributed by atoms with Gasteiger partial charge in [-0.25, -0.2) is 14.7 Å². The van der Waals surface area contributed by atoms with Crippen molar-refractivity contribution in [3.8, 4) is 0 Å². The van der Waals surface area contributed by atoms with Crippen LogP contribution in [-0.4, -0.2) is 26.4 Å². The fourth-order valence-electron chi connectivity index (χ4n) is 0.346. The molecule has 0 aliphatic heterocycles. The standard InChI is InChI=1S/C4H5N3O.CH3NO2/c1-3-2-5-4(8)7-6-3;2-1(3)4/h2H,1H3,(H,5,7,8);2H2,(H,3,4). The van der Waals surface area contributed by atoms with Crippen LogP contribution < -0.4 is 11.4 Å². The molecule has 0 fully saturated rings. The summed E-state index contributed by atoms with van der Waals surface area (Å²) in [6.45, 7) is 1.75. The van der Waals surface area contributed by atoms with Crippen molar-refractivity contribution < 1.29 is 9.90 Å². The normalized spacial score (nSPS) is 8.08. The number of carboxylic acid groups (broad SMARTS) is 1. The SMILES string of the molecule is Cc1cnc(=O)[nH]n1.NC(=O)O. The van der Waals surface area contributed by atoms with Gasteiger partial charge in [0.25, 0.3) is 0 Å². The highest BCUT2D eigenvalue weighted by atomic mass is 16.4. The lowest BCUT2D eigenvalue weighted by Gasteiger charge is -1.82. The molecule has 7 nitrogen and oxygen atoms in total. The fraction of sp³-hybridized carbons (Fsp3) is 0.200. The number of hydrogen-bond donors (Lipinski definition) is 3. The first-order valence-electron chi connectivity index (χ1n) is 2.89. The van der Waals surface area contributed by atoms with Crippen molar-refractivity contribution in [3.63, 3.8) is 0 Å². The van der Waals surface area contributed by atoms with Crippen LogP contribution in [0.4, 0.5) is 4.79 Å². The minimum atomic E-state index is -1.33. The second kappa shape index (κ2) is 4.83. The number of rotatable bonds is 0. The maximum absolute atomic E-state index is 10.2. The third-order valence-electron chi connectivity index (χ3n) is 0.697. The number of hydrogen-bond acceptors (Lipinski definition) is 4. The van der Waals surface area contributed by atoms with Crippen LogP contribution in [0.5, 0.6) is 0 Å². The summed E-state index contributed by atoms with van der Waals surface area (Å²) in [6.07, 6.45) is 0.0822. The molecule has 1 rings (SSSR count). The summed E-state index contributed by atoms with van der Waals surface area (Å²) in [5, 5.41) is 13.0. The molecule has 7 heteroatoms. The lowest BCUT2D eigenvalue weighted by Crippen LogP contribution is -2.11. The van der Waals surface area contributed by atoms with Crippen molar-refractivity contribution in [2.45, 2.75) is 6.92 Å². The van der Waals surface area contributed by atoms with Gasteiger partial charge in [0.1, 0.15) is 0 Å². The summed E-state index contributed by atoms with van der Waals surface area (Å²) in [7, 11) is 0. The van der Waals surface area contributed by atoms with Crippen LogP contribution in [0.15, 0.2) is 11.0 Å². The monoisotopic (exact) mass is 172 g/mol. The zero-order valence-electron chi connectivity index (χ0n) is 6.31. The molecule has 1 heterocycles. The third-order valence-corrected chi connectivity index (χ3v) is 0.697. The molecule has 1 aromatic heterocycles. The second-order valence-electron chi connectivity index (χ2n) is 1.77. The van der Waals surface area contributed by atoms with Crippen LogP contribution in [0.2, 0.25) is 0 Å². The number of carbonyl (C=O) groups is 1. The lowest BCUT2D eigenvalue weighted by molar-refractivity contribution is 0.205. The van der Waals surface area contributed by atoms with Crippen LogP contribution >= 0.6 is 0 Å². The van der Waals surface area contributed by atoms with Crippen LogP contribution in [0.25, 0.3) is 0 Å². The lowest BCUT2D eigenvalue weighted by atomic mass is 10.6. The Balaban J connectivity index is 0.000000261. The summed E-state index contributed by atoms with van der Waals surface area (Å²) in [4.78, 5) is 22.4. The number of amides is 1. The highest BCUT2D eigenvalue weighted by Crippen LogP contribution is 1.74. The van der Waals surface area contributed by atoms with Crippen LogP contribution in [0.1, 0.15) is 5.69 Å². The molecule has 0 saturated carbocycles. The van der Waals surface area contributed by atoms with Crippen molar-refractivity contribution in [3.05, 3.63) is 22.4 Å². The van der Waals surface area contributed by atoms with Gasteiger partial charge in [-0.2, -0.15) is 10.1 Å². The molecule has 0 unspecified atom stereocenters. The largest absolute Gasteiger partial charge is 0.465 e. The van der Waals surface area contributed by atoms with Gasteiger partial charge in [-0.1, -0.05) is 0 Å². The van der Waals surface area contributed by atoms with Gasteiger partial charge in [-0.15, -0.1) is 0 Å². The summed E-state index contributed by atoms with van der Waals surface area (Å²) < 4.78 is 0. The Bertz CT molecular complexity index is 283. The Kier molecular flexibility index (Phi) is 4.06. The van der Waals surface area contributed by atoms with E-state index >= 15 is 0 Å². The first-order chi connectivity index (χ1) is 5.52. The fourth-order valence-corrected chi connectivity index (χ4v) is 0.346. The number of aromatic nitrogens is 3. The molecule has 1 amide bonds. The Morgan fingerprint density at radius 2 is 2.25 bits per heavy atom. The number of aryl methyl sites for hydroxylation is 1. The smallest absolute Gasteiger partial charge is 0.402 e. The van der Waals surface area contributed by atoms with E-state index in [-0.39, 0.29) is 0 Å². The Hall–Kier alpha value is -1.92. The van der Waals surface area contributed by atoms with E-state index in [1.165, 1.54) is 6.20 Å². The molecular formula is C5H8N4O3. The average Bonchev–Trinajstić information content (AvgIpc) is 1.94. The van der Waals surface area contributed by atoms with Crippen molar-refractivity contribution in [2.24, 2.45) is 5.73 Å². The third kappa shape index (κ3) is 6.20. The molecule has 4 N–H and O–H groups in total. The molecule has 0 aliphatic carbocycles. The summed E-state index contributed by atoms with van der Waals surface area (Å²) in [5.41, 5.74) is 4.33. The van der Waals surface area contributed by atoms with Gasteiger partial charge in [-0.05, 0) is 6.92 Å². The van der Waals surface area contributed by atoms with Crippen LogP contribution in [-0.2, 0) is 0 Å². The molecule has 0 atom stereocenters. The first-order valence-corrected chi connectivity index (χ1v) is 2.89. The van der Waals surface area contributed by atoms with Gasteiger partial charge in [0.05, 0.1) is 11.9 Å². The van der Waals surface area contributed by atoms with E-state index in [2.05, 4.69) is 20.9 Å². The van der Waals surface area contributed by atoms with Crippen molar-refractivity contribution in [1.29, 1.82) is 0 Å². The van der Waals surface area contributed by atoms with Gasteiger partial charge >= 0.3 is 11.8 Å². The first kappa shape index (κ1) is 10.1. The molecule has 66 valence electrons. The number of aromatic amines is 1. The summed E-state index contributed by atoms with van der Waals surface area (Å²) in [5.74, 6) is 0. The zero-order chi connectivity index (χ0) is 9.56. The van der Waals surface area contributed by atoms with Gasteiger partial charge in [0.15, 0.2) is 0 Å². The topological polar surface area (TPSA) is 122 Å². The van der Waals surface area contributed by atoms with Gasteiger partial charge in [0.2, 0.25) is 0 Å². The number of nitrogens with one attached hydrogen (secondary N) is 1. The predicted molar refractivity (Wildman–Crippen MR) is 39.6 cm³/mol. The summed E-state index contributed by atoms with van der Waals surface area (Å²) in [6, 6.07) is 0. The van der Waals surface area contributed by atoms with E-state index in [0.717, 1.165) is 0 Å². The molecule has 1 aromatic rings.